The molecule has 1 saturated heterocycles. The van der Waals surface area contributed by atoms with Gasteiger partial charge in [0.05, 0.1) is 16.9 Å². The van der Waals surface area contributed by atoms with Gasteiger partial charge in [0.2, 0.25) is 0 Å². The predicted molar refractivity (Wildman–Crippen MR) is 71.0 cm³/mol. The summed E-state index contributed by atoms with van der Waals surface area (Å²) in [6.07, 6.45) is 2.26. The Morgan fingerprint density at radius 2 is 1.78 bits per heavy atom. The highest BCUT2D eigenvalue weighted by atomic mass is 16.7. The summed E-state index contributed by atoms with van der Waals surface area (Å²) in [7, 11) is -0.267. The molecule has 2 aliphatic rings. The monoisotopic (exact) mass is 248 g/mol. The third kappa shape index (κ3) is 1.57. The standard InChI is InChI=1S/C13H21BN2O2/c1-9-11(10-7-6-8-16(10)15-9)14-17-12(2,3)13(4,5)18-14/h6-8H2,1-5H3. The molecule has 3 heterocycles. The van der Waals surface area contributed by atoms with E-state index in [9.17, 15) is 0 Å². The van der Waals surface area contributed by atoms with Gasteiger partial charge in [-0.2, -0.15) is 5.10 Å². The van der Waals surface area contributed by atoms with Crippen molar-refractivity contribution in [3.05, 3.63) is 11.4 Å². The molecule has 5 heteroatoms. The fourth-order valence-corrected chi connectivity index (χ4v) is 2.76. The second-order valence-corrected chi connectivity index (χ2v) is 6.36. The molecule has 0 atom stereocenters. The van der Waals surface area contributed by atoms with Crippen molar-refractivity contribution in [2.24, 2.45) is 0 Å². The zero-order valence-electron chi connectivity index (χ0n) is 11.9. The number of rotatable bonds is 1. The first-order valence-corrected chi connectivity index (χ1v) is 6.74. The number of aromatic nitrogens is 2. The third-order valence-corrected chi connectivity index (χ3v) is 4.56. The van der Waals surface area contributed by atoms with E-state index in [0.717, 1.165) is 24.1 Å². The average molecular weight is 248 g/mol. The molecule has 0 unspecified atom stereocenters. The van der Waals surface area contributed by atoms with Gasteiger partial charge in [-0.1, -0.05) is 0 Å². The lowest BCUT2D eigenvalue weighted by Gasteiger charge is -2.32. The first kappa shape index (κ1) is 12.2. The van der Waals surface area contributed by atoms with Crippen molar-refractivity contribution in [1.29, 1.82) is 0 Å². The van der Waals surface area contributed by atoms with E-state index in [1.807, 2.05) is 6.92 Å². The Kier molecular flexibility index (Phi) is 2.45. The van der Waals surface area contributed by atoms with Crippen LogP contribution in [0.5, 0.6) is 0 Å². The molecule has 1 aromatic heterocycles. The van der Waals surface area contributed by atoms with Gasteiger partial charge in [-0.15, -0.1) is 0 Å². The maximum atomic E-state index is 6.14. The molecule has 0 N–H and O–H groups in total. The SMILES string of the molecule is Cc1nn2c(c1B1OC(C)(C)C(C)(C)O1)CCC2. The summed E-state index contributed by atoms with van der Waals surface area (Å²) in [5.74, 6) is 0. The van der Waals surface area contributed by atoms with E-state index in [-0.39, 0.29) is 18.3 Å². The molecular formula is C13H21BN2O2. The van der Waals surface area contributed by atoms with Crippen molar-refractivity contribution in [2.75, 3.05) is 0 Å². The minimum Gasteiger partial charge on any atom is -0.399 e. The van der Waals surface area contributed by atoms with Crippen molar-refractivity contribution in [3.63, 3.8) is 0 Å². The van der Waals surface area contributed by atoms with Crippen LogP contribution < -0.4 is 5.46 Å². The van der Waals surface area contributed by atoms with Crippen LogP contribution in [-0.2, 0) is 22.3 Å². The summed E-state index contributed by atoms with van der Waals surface area (Å²) in [6.45, 7) is 11.4. The van der Waals surface area contributed by atoms with Crippen molar-refractivity contribution in [2.45, 2.75) is 65.2 Å². The number of aryl methyl sites for hydroxylation is 2. The Morgan fingerprint density at radius 3 is 2.39 bits per heavy atom. The van der Waals surface area contributed by atoms with Crippen LogP contribution in [0.3, 0.4) is 0 Å². The van der Waals surface area contributed by atoms with E-state index in [4.69, 9.17) is 9.31 Å². The van der Waals surface area contributed by atoms with Crippen LogP contribution in [-0.4, -0.2) is 28.1 Å². The molecule has 1 fully saturated rings. The molecule has 1 aromatic rings. The fourth-order valence-electron chi connectivity index (χ4n) is 2.76. The summed E-state index contributed by atoms with van der Waals surface area (Å²) in [4.78, 5) is 0. The van der Waals surface area contributed by atoms with Gasteiger partial charge < -0.3 is 9.31 Å². The Bertz CT molecular complexity index is 477. The van der Waals surface area contributed by atoms with Gasteiger partial charge in [-0.05, 0) is 47.5 Å². The molecule has 4 nitrogen and oxygen atoms in total. The number of fused-ring (bicyclic) bond motifs is 1. The van der Waals surface area contributed by atoms with E-state index >= 15 is 0 Å². The summed E-state index contributed by atoms with van der Waals surface area (Å²) >= 11 is 0. The maximum absolute atomic E-state index is 6.14. The number of nitrogens with zero attached hydrogens (tertiary/aromatic N) is 2. The van der Waals surface area contributed by atoms with E-state index in [1.54, 1.807) is 0 Å². The van der Waals surface area contributed by atoms with Gasteiger partial charge in [0.15, 0.2) is 0 Å². The molecule has 0 spiro atoms. The minimum absolute atomic E-state index is 0.267. The smallest absolute Gasteiger partial charge is 0.399 e. The van der Waals surface area contributed by atoms with Crippen molar-refractivity contribution in [3.8, 4) is 0 Å². The van der Waals surface area contributed by atoms with Crippen molar-refractivity contribution < 1.29 is 9.31 Å². The third-order valence-electron chi connectivity index (χ3n) is 4.56. The molecule has 18 heavy (non-hydrogen) atoms. The molecule has 0 bridgehead atoms. The molecule has 3 rings (SSSR count). The van der Waals surface area contributed by atoms with Crippen LogP contribution in [0.1, 0.15) is 45.5 Å². The topological polar surface area (TPSA) is 36.3 Å². The van der Waals surface area contributed by atoms with Crippen molar-refractivity contribution >= 4 is 12.6 Å². The van der Waals surface area contributed by atoms with Gasteiger partial charge in [0.1, 0.15) is 0 Å². The first-order valence-electron chi connectivity index (χ1n) is 6.74. The molecule has 98 valence electrons. The minimum atomic E-state index is -0.280. The normalized spacial score (nSPS) is 24.6. The van der Waals surface area contributed by atoms with Crippen LogP contribution in [0, 0.1) is 6.92 Å². The Hall–Kier alpha value is -0.805. The molecule has 0 saturated carbocycles. The number of hydrogen-bond donors (Lipinski definition) is 0. The van der Waals surface area contributed by atoms with E-state index in [1.165, 1.54) is 12.1 Å². The second-order valence-electron chi connectivity index (χ2n) is 6.36. The summed E-state index contributed by atoms with van der Waals surface area (Å²) in [5.41, 5.74) is 2.94. The second kappa shape index (κ2) is 3.61. The molecule has 0 amide bonds. The summed E-state index contributed by atoms with van der Waals surface area (Å²) in [5, 5.41) is 4.59. The number of hydrogen-bond acceptors (Lipinski definition) is 3. The Morgan fingerprint density at radius 1 is 1.17 bits per heavy atom. The molecule has 2 aliphatic heterocycles. The Labute approximate surface area is 109 Å². The fraction of sp³-hybridized carbons (Fsp3) is 0.769. The highest BCUT2D eigenvalue weighted by Gasteiger charge is 2.53. The quantitative estimate of drug-likeness (QED) is 0.705. The molecule has 0 radical (unpaired) electrons. The zero-order valence-corrected chi connectivity index (χ0v) is 11.9. The van der Waals surface area contributed by atoms with E-state index in [0.29, 0.717) is 0 Å². The molecule has 0 aliphatic carbocycles. The maximum Gasteiger partial charge on any atom is 0.498 e. The van der Waals surface area contributed by atoms with Crippen LogP contribution in [0.4, 0.5) is 0 Å². The summed E-state index contributed by atoms with van der Waals surface area (Å²) in [6, 6.07) is 0. The van der Waals surface area contributed by atoms with E-state index in [2.05, 4.69) is 37.5 Å². The van der Waals surface area contributed by atoms with Gasteiger partial charge in [0.25, 0.3) is 0 Å². The van der Waals surface area contributed by atoms with E-state index < -0.39 is 0 Å². The highest BCUT2D eigenvalue weighted by molar-refractivity contribution is 6.63. The lowest BCUT2D eigenvalue weighted by Crippen LogP contribution is -2.41. The van der Waals surface area contributed by atoms with Crippen molar-refractivity contribution in [1.82, 2.24) is 9.78 Å². The van der Waals surface area contributed by atoms with Crippen LogP contribution in [0.25, 0.3) is 0 Å². The van der Waals surface area contributed by atoms with Gasteiger partial charge >= 0.3 is 7.12 Å². The first-order chi connectivity index (χ1) is 8.32. The average Bonchev–Trinajstić information content (AvgIpc) is 2.79. The van der Waals surface area contributed by atoms with Crippen LogP contribution in [0.2, 0.25) is 0 Å². The Balaban J connectivity index is 1.99. The van der Waals surface area contributed by atoms with Gasteiger partial charge in [0, 0.05) is 17.7 Å². The van der Waals surface area contributed by atoms with Crippen LogP contribution in [0.15, 0.2) is 0 Å². The zero-order chi connectivity index (χ0) is 13.1. The largest absolute Gasteiger partial charge is 0.498 e. The molecule has 0 aromatic carbocycles. The van der Waals surface area contributed by atoms with Gasteiger partial charge in [-0.3, -0.25) is 4.68 Å². The predicted octanol–water partition coefficient (Wildman–Crippen LogP) is 1.44. The van der Waals surface area contributed by atoms with Crippen LogP contribution >= 0.6 is 0 Å². The lowest BCUT2D eigenvalue weighted by molar-refractivity contribution is 0.00578. The highest BCUT2D eigenvalue weighted by Crippen LogP contribution is 2.37. The summed E-state index contributed by atoms with van der Waals surface area (Å²) < 4.78 is 14.4. The lowest BCUT2D eigenvalue weighted by atomic mass is 9.76. The molecular weight excluding hydrogens is 227 g/mol. The van der Waals surface area contributed by atoms with Gasteiger partial charge in [-0.25, -0.2) is 0 Å².